The zero-order chi connectivity index (χ0) is 14.5. The Morgan fingerprint density at radius 2 is 2.15 bits per heavy atom. The Labute approximate surface area is 124 Å². The standard InChI is InChI=1S/C16H21NO2S/c1-4-19-15-6-5-14(9-13(15)10-18)17-12(3)16-11(2)7-8-20-16/h5-9,12,17-18H,4,10H2,1-3H3. The average molecular weight is 291 g/mol. The first-order valence-corrected chi connectivity index (χ1v) is 7.70. The Hall–Kier alpha value is -1.52. The number of aliphatic hydroxyl groups is 1. The quantitative estimate of drug-likeness (QED) is 0.841. The molecule has 1 unspecified atom stereocenters. The summed E-state index contributed by atoms with van der Waals surface area (Å²) in [6.45, 7) is 6.80. The number of hydrogen-bond donors (Lipinski definition) is 2. The van der Waals surface area contributed by atoms with Crippen LogP contribution in [0.1, 0.15) is 35.9 Å². The van der Waals surface area contributed by atoms with Crippen LogP contribution in [0.2, 0.25) is 0 Å². The van der Waals surface area contributed by atoms with E-state index in [1.54, 1.807) is 11.3 Å². The molecule has 0 saturated heterocycles. The summed E-state index contributed by atoms with van der Waals surface area (Å²) in [6, 6.07) is 8.23. The van der Waals surface area contributed by atoms with Crippen LogP contribution in [-0.2, 0) is 6.61 Å². The van der Waals surface area contributed by atoms with Crippen LogP contribution in [0.15, 0.2) is 29.6 Å². The molecular weight excluding hydrogens is 270 g/mol. The van der Waals surface area contributed by atoms with Crippen molar-refractivity contribution in [3.8, 4) is 5.75 Å². The van der Waals surface area contributed by atoms with E-state index in [4.69, 9.17) is 4.74 Å². The van der Waals surface area contributed by atoms with Gasteiger partial charge < -0.3 is 15.2 Å². The van der Waals surface area contributed by atoms with Gasteiger partial charge in [-0.1, -0.05) is 0 Å². The van der Waals surface area contributed by atoms with Crippen LogP contribution >= 0.6 is 11.3 Å². The summed E-state index contributed by atoms with van der Waals surface area (Å²) in [5.74, 6) is 0.750. The van der Waals surface area contributed by atoms with Gasteiger partial charge in [-0.25, -0.2) is 0 Å². The number of anilines is 1. The van der Waals surface area contributed by atoms with Crippen LogP contribution in [0.3, 0.4) is 0 Å². The molecule has 0 fully saturated rings. The van der Waals surface area contributed by atoms with E-state index in [0.29, 0.717) is 6.61 Å². The molecule has 3 nitrogen and oxygen atoms in total. The van der Waals surface area contributed by atoms with E-state index in [1.165, 1.54) is 10.4 Å². The van der Waals surface area contributed by atoms with Gasteiger partial charge in [-0.3, -0.25) is 0 Å². The largest absolute Gasteiger partial charge is 0.494 e. The van der Waals surface area contributed by atoms with Gasteiger partial charge in [0.2, 0.25) is 0 Å². The topological polar surface area (TPSA) is 41.5 Å². The number of ether oxygens (including phenoxy) is 1. The zero-order valence-electron chi connectivity index (χ0n) is 12.1. The summed E-state index contributed by atoms with van der Waals surface area (Å²) in [7, 11) is 0. The lowest BCUT2D eigenvalue weighted by Gasteiger charge is -2.17. The van der Waals surface area contributed by atoms with Crippen LogP contribution in [-0.4, -0.2) is 11.7 Å². The number of aryl methyl sites for hydroxylation is 1. The third kappa shape index (κ3) is 3.32. The first-order valence-electron chi connectivity index (χ1n) is 6.82. The number of benzene rings is 1. The van der Waals surface area contributed by atoms with Crippen molar-refractivity contribution in [3.63, 3.8) is 0 Å². The number of thiophene rings is 1. The second-order valence-corrected chi connectivity index (χ2v) is 5.70. The lowest BCUT2D eigenvalue weighted by atomic mass is 10.1. The summed E-state index contributed by atoms with van der Waals surface area (Å²) >= 11 is 1.76. The van der Waals surface area contributed by atoms with Crippen LogP contribution < -0.4 is 10.1 Å². The fourth-order valence-corrected chi connectivity index (χ4v) is 3.17. The lowest BCUT2D eigenvalue weighted by molar-refractivity contribution is 0.267. The van der Waals surface area contributed by atoms with Gasteiger partial charge >= 0.3 is 0 Å². The van der Waals surface area contributed by atoms with Crippen LogP contribution in [0.5, 0.6) is 5.75 Å². The highest BCUT2D eigenvalue weighted by atomic mass is 32.1. The molecule has 1 atom stereocenters. The molecule has 20 heavy (non-hydrogen) atoms. The Morgan fingerprint density at radius 3 is 2.75 bits per heavy atom. The first-order chi connectivity index (χ1) is 9.65. The van der Waals surface area contributed by atoms with E-state index >= 15 is 0 Å². The molecule has 2 N–H and O–H groups in total. The van der Waals surface area contributed by atoms with Crippen molar-refractivity contribution < 1.29 is 9.84 Å². The normalized spacial score (nSPS) is 12.2. The number of rotatable bonds is 6. The van der Waals surface area contributed by atoms with E-state index in [1.807, 2.05) is 25.1 Å². The van der Waals surface area contributed by atoms with Gasteiger partial charge in [-0.05, 0) is 56.0 Å². The molecule has 0 spiro atoms. The molecule has 1 heterocycles. The molecule has 108 valence electrons. The zero-order valence-corrected chi connectivity index (χ0v) is 13.0. The summed E-state index contributed by atoms with van der Waals surface area (Å²) in [6.07, 6.45) is 0. The van der Waals surface area contributed by atoms with Gasteiger partial charge in [0.15, 0.2) is 0 Å². The van der Waals surface area contributed by atoms with E-state index in [9.17, 15) is 5.11 Å². The lowest BCUT2D eigenvalue weighted by Crippen LogP contribution is -2.07. The molecule has 0 radical (unpaired) electrons. The van der Waals surface area contributed by atoms with E-state index < -0.39 is 0 Å². The third-order valence-electron chi connectivity index (χ3n) is 3.21. The average Bonchev–Trinajstić information content (AvgIpc) is 2.87. The molecule has 2 rings (SSSR count). The van der Waals surface area contributed by atoms with E-state index in [-0.39, 0.29) is 12.6 Å². The molecule has 0 aliphatic rings. The molecule has 1 aromatic carbocycles. The highest BCUT2D eigenvalue weighted by Crippen LogP contribution is 2.29. The maximum atomic E-state index is 9.43. The smallest absolute Gasteiger partial charge is 0.124 e. The minimum Gasteiger partial charge on any atom is -0.494 e. The number of aliphatic hydroxyl groups excluding tert-OH is 1. The molecule has 0 saturated carbocycles. The number of hydrogen-bond acceptors (Lipinski definition) is 4. The van der Waals surface area contributed by atoms with Crippen molar-refractivity contribution in [1.29, 1.82) is 0 Å². The highest BCUT2D eigenvalue weighted by Gasteiger charge is 2.11. The molecule has 2 aromatic rings. The fourth-order valence-electron chi connectivity index (χ4n) is 2.23. The first kappa shape index (κ1) is 14.9. The van der Waals surface area contributed by atoms with Crippen molar-refractivity contribution in [2.75, 3.05) is 11.9 Å². The predicted molar refractivity (Wildman–Crippen MR) is 84.6 cm³/mol. The molecular formula is C16H21NO2S. The van der Waals surface area contributed by atoms with Crippen LogP contribution in [0.25, 0.3) is 0 Å². The molecule has 0 aliphatic heterocycles. The minimum atomic E-state index is -0.0166. The van der Waals surface area contributed by atoms with E-state index in [2.05, 4.69) is 30.6 Å². The monoisotopic (exact) mass is 291 g/mol. The maximum absolute atomic E-state index is 9.43. The summed E-state index contributed by atoms with van der Waals surface area (Å²) in [5.41, 5.74) is 3.12. The van der Waals surface area contributed by atoms with Gasteiger partial charge in [0.25, 0.3) is 0 Å². The second kappa shape index (κ2) is 6.77. The van der Waals surface area contributed by atoms with Crippen molar-refractivity contribution in [2.45, 2.75) is 33.4 Å². The maximum Gasteiger partial charge on any atom is 0.124 e. The second-order valence-electron chi connectivity index (χ2n) is 4.75. The predicted octanol–water partition coefficient (Wildman–Crippen LogP) is 4.12. The summed E-state index contributed by atoms with van der Waals surface area (Å²) in [4.78, 5) is 1.34. The van der Waals surface area contributed by atoms with E-state index in [0.717, 1.165) is 17.0 Å². The number of nitrogens with one attached hydrogen (secondary N) is 1. The summed E-state index contributed by atoms with van der Waals surface area (Å²) < 4.78 is 5.49. The van der Waals surface area contributed by atoms with Crippen molar-refractivity contribution in [1.82, 2.24) is 0 Å². The van der Waals surface area contributed by atoms with Gasteiger partial charge in [0.05, 0.1) is 19.3 Å². The molecule has 1 aromatic heterocycles. The van der Waals surface area contributed by atoms with Gasteiger partial charge in [0, 0.05) is 16.1 Å². The minimum absolute atomic E-state index is 0.0166. The van der Waals surface area contributed by atoms with Crippen molar-refractivity contribution >= 4 is 17.0 Å². The Balaban J connectivity index is 2.15. The summed E-state index contributed by atoms with van der Waals surface area (Å²) in [5, 5.41) is 15.0. The highest BCUT2D eigenvalue weighted by molar-refractivity contribution is 7.10. The van der Waals surface area contributed by atoms with Gasteiger partial charge in [-0.15, -0.1) is 11.3 Å². The molecule has 0 amide bonds. The molecule has 0 aliphatic carbocycles. The van der Waals surface area contributed by atoms with Crippen LogP contribution in [0.4, 0.5) is 5.69 Å². The molecule has 4 heteroatoms. The Morgan fingerprint density at radius 1 is 1.35 bits per heavy atom. The Kier molecular flexibility index (Phi) is 5.04. The molecule has 0 bridgehead atoms. The van der Waals surface area contributed by atoms with Gasteiger partial charge in [0.1, 0.15) is 5.75 Å². The third-order valence-corrected chi connectivity index (χ3v) is 4.41. The fraction of sp³-hybridized carbons (Fsp3) is 0.375. The van der Waals surface area contributed by atoms with Crippen molar-refractivity contribution in [3.05, 3.63) is 45.6 Å². The van der Waals surface area contributed by atoms with Crippen LogP contribution in [0, 0.1) is 6.92 Å². The van der Waals surface area contributed by atoms with Crippen molar-refractivity contribution in [2.24, 2.45) is 0 Å². The van der Waals surface area contributed by atoms with Gasteiger partial charge in [-0.2, -0.15) is 0 Å². The Bertz CT molecular complexity index is 565. The SMILES string of the molecule is CCOc1ccc(NC(C)c2sccc2C)cc1CO.